The van der Waals surface area contributed by atoms with Gasteiger partial charge in [0.25, 0.3) is 10.0 Å². The van der Waals surface area contributed by atoms with Crippen LogP contribution in [0.5, 0.6) is 0 Å². The van der Waals surface area contributed by atoms with Crippen LogP contribution in [-0.2, 0) is 10.0 Å². The van der Waals surface area contributed by atoms with Crippen LogP contribution in [0.3, 0.4) is 0 Å². The Labute approximate surface area is 127 Å². The lowest BCUT2D eigenvalue weighted by molar-refractivity contribution is 0.601. The maximum Gasteiger partial charge on any atom is 0.263 e. The van der Waals surface area contributed by atoms with Gasteiger partial charge in [0.2, 0.25) is 0 Å². The average Bonchev–Trinajstić information content (AvgIpc) is 2.34. The minimum absolute atomic E-state index is 0.0849. The topological polar surface area (TPSA) is 72.2 Å². The third kappa shape index (κ3) is 2.96. The molecule has 4 nitrogen and oxygen atoms in total. The van der Waals surface area contributed by atoms with E-state index >= 15 is 0 Å². The van der Waals surface area contributed by atoms with E-state index in [0.717, 1.165) is 15.6 Å². The zero-order valence-electron chi connectivity index (χ0n) is 11.1. The van der Waals surface area contributed by atoms with Gasteiger partial charge in [-0.3, -0.25) is 4.72 Å². The van der Waals surface area contributed by atoms with Crippen LogP contribution in [0.4, 0.5) is 11.4 Å². The second-order valence-electron chi connectivity index (χ2n) is 4.56. The van der Waals surface area contributed by atoms with E-state index in [1.54, 1.807) is 18.2 Å². The number of hydrogen-bond acceptors (Lipinski definition) is 3. The number of benzene rings is 2. The van der Waals surface area contributed by atoms with Gasteiger partial charge in [0.05, 0.1) is 11.4 Å². The normalized spacial score (nSPS) is 11.3. The summed E-state index contributed by atoms with van der Waals surface area (Å²) in [6.07, 6.45) is 0. The fourth-order valence-electron chi connectivity index (χ4n) is 1.99. The molecule has 0 aliphatic heterocycles. The quantitative estimate of drug-likeness (QED) is 0.829. The first-order valence-electron chi connectivity index (χ1n) is 5.95. The fourth-order valence-corrected chi connectivity index (χ4v) is 4.01. The maximum absolute atomic E-state index is 12.4. The van der Waals surface area contributed by atoms with E-state index in [9.17, 15) is 8.42 Å². The van der Waals surface area contributed by atoms with Gasteiger partial charge in [-0.25, -0.2) is 8.42 Å². The van der Waals surface area contributed by atoms with E-state index in [-0.39, 0.29) is 10.6 Å². The molecule has 3 N–H and O–H groups in total. The molecule has 2 aromatic carbocycles. The van der Waals surface area contributed by atoms with Gasteiger partial charge in [-0.15, -0.1) is 0 Å². The lowest BCUT2D eigenvalue weighted by Gasteiger charge is -2.14. The Bertz CT molecular complexity index is 735. The Balaban J connectivity index is 2.47. The van der Waals surface area contributed by atoms with Crippen LogP contribution in [-0.4, -0.2) is 8.42 Å². The van der Waals surface area contributed by atoms with E-state index in [2.05, 4.69) is 20.7 Å². The summed E-state index contributed by atoms with van der Waals surface area (Å²) in [5, 5.41) is 0. The van der Waals surface area contributed by atoms with E-state index in [4.69, 9.17) is 5.73 Å². The highest BCUT2D eigenvalue weighted by atomic mass is 79.9. The summed E-state index contributed by atoms with van der Waals surface area (Å²) in [5.74, 6) is 0. The Morgan fingerprint density at radius 1 is 1.10 bits per heavy atom. The molecule has 0 radical (unpaired) electrons. The smallest absolute Gasteiger partial charge is 0.263 e. The Hall–Kier alpha value is -1.53. The summed E-state index contributed by atoms with van der Waals surface area (Å²) >= 11 is 3.39. The number of para-hydroxylation sites is 1. The molecule has 0 saturated carbocycles. The monoisotopic (exact) mass is 354 g/mol. The molecular weight excluding hydrogens is 340 g/mol. The number of anilines is 2. The van der Waals surface area contributed by atoms with E-state index in [1.807, 2.05) is 26.0 Å². The number of nitrogen functional groups attached to an aromatic ring is 1. The summed E-state index contributed by atoms with van der Waals surface area (Å²) in [6.45, 7) is 3.70. The molecule has 0 spiro atoms. The first-order valence-corrected chi connectivity index (χ1v) is 8.23. The van der Waals surface area contributed by atoms with Crippen molar-refractivity contribution in [1.29, 1.82) is 0 Å². The zero-order valence-corrected chi connectivity index (χ0v) is 13.5. The lowest BCUT2D eigenvalue weighted by Crippen LogP contribution is -2.16. The number of sulfonamides is 1. The van der Waals surface area contributed by atoms with Gasteiger partial charge in [0.15, 0.2) is 0 Å². The minimum Gasteiger partial charge on any atom is -0.398 e. The van der Waals surface area contributed by atoms with Crippen molar-refractivity contribution in [3.8, 4) is 0 Å². The molecule has 0 heterocycles. The SMILES string of the molecule is Cc1cc(Br)cc(C)c1NS(=O)(=O)c1ccccc1N. The molecule has 20 heavy (non-hydrogen) atoms. The van der Waals surface area contributed by atoms with E-state index in [1.165, 1.54) is 6.07 Å². The summed E-state index contributed by atoms with van der Waals surface area (Å²) in [7, 11) is -3.69. The van der Waals surface area contributed by atoms with Gasteiger partial charge in [0.1, 0.15) is 4.90 Å². The van der Waals surface area contributed by atoms with E-state index in [0.29, 0.717) is 5.69 Å². The summed E-state index contributed by atoms with van der Waals surface area (Å²) in [4.78, 5) is 0.0849. The second kappa shape index (κ2) is 5.46. The Morgan fingerprint density at radius 3 is 2.20 bits per heavy atom. The molecule has 0 aromatic heterocycles. The number of nitrogens with one attached hydrogen (secondary N) is 1. The van der Waals surface area contributed by atoms with Crippen LogP contribution in [0.2, 0.25) is 0 Å². The molecule has 0 amide bonds. The average molecular weight is 355 g/mol. The van der Waals surface area contributed by atoms with Crippen LogP contribution in [0, 0.1) is 13.8 Å². The van der Waals surface area contributed by atoms with Gasteiger partial charge < -0.3 is 5.73 Å². The van der Waals surface area contributed by atoms with Crippen molar-refractivity contribution in [2.75, 3.05) is 10.5 Å². The Kier molecular flexibility index (Phi) is 4.06. The summed E-state index contributed by atoms with van der Waals surface area (Å²) in [5.41, 5.74) is 8.23. The fraction of sp³-hybridized carbons (Fsp3) is 0.143. The molecule has 0 bridgehead atoms. The van der Waals surface area contributed by atoms with Crippen LogP contribution in [0.25, 0.3) is 0 Å². The Morgan fingerprint density at radius 2 is 1.65 bits per heavy atom. The third-order valence-corrected chi connectivity index (χ3v) is 4.82. The molecule has 6 heteroatoms. The molecule has 2 aromatic rings. The molecule has 2 rings (SSSR count). The second-order valence-corrected chi connectivity index (χ2v) is 7.12. The molecule has 0 saturated heterocycles. The lowest BCUT2D eigenvalue weighted by atomic mass is 10.1. The largest absolute Gasteiger partial charge is 0.398 e. The molecule has 0 aliphatic rings. The van der Waals surface area contributed by atoms with Crippen molar-refractivity contribution in [2.24, 2.45) is 0 Å². The molecule has 0 atom stereocenters. The van der Waals surface area contributed by atoms with E-state index < -0.39 is 10.0 Å². The van der Waals surface area contributed by atoms with Gasteiger partial charge in [-0.1, -0.05) is 28.1 Å². The van der Waals surface area contributed by atoms with Crippen molar-refractivity contribution in [3.05, 3.63) is 52.0 Å². The number of hydrogen-bond donors (Lipinski definition) is 2. The molecular formula is C14H15BrN2O2S. The van der Waals surface area contributed by atoms with Crippen LogP contribution in [0.1, 0.15) is 11.1 Å². The molecule has 0 fully saturated rings. The highest BCUT2D eigenvalue weighted by molar-refractivity contribution is 9.10. The predicted molar refractivity (Wildman–Crippen MR) is 85.3 cm³/mol. The molecule has 106 valence electrons. The minimum atomic E-state index is -3.69. The van der Waals surface area contributed by atoms with Gasteiger partial charge in [-0.05, 0) is 49.2 Å². The van der Waals surface area contributed by atoms with Crippen molar-refractivity contribution >= 4 is 37.3 Å². The van der Waals surface area contributed by atoms with Gasteiger partial charge >= 0.3 is 0 Å². The highest BCUT2D eigenvalue weighted by Gasteiger charge is 2.19. The standard InChI is InChI=1S/C14H15BrN2O2S/c1-9-7-11(15)8-10(2)14(9)17-20(18,19)13-6-4-3-5-12(13)16/h3-8,17H,16H2,1-2H3. The van der Waals surface area contributed by atoms with Crippen molar-refractivity contribution in [1.82, 2.24) is 0 Å². The third-order valence-electron chi connectivity index (χ3n) is 2.94. The van der Waals surface area contributed by atoms with Crippen LogP contribution in [0.15, 0.2) is 45.8 Å². The number of rotatable bonds is 3. The molecule has 0 aliphatic carbocycles. The van der Waals surface area contributed by atoms with Crippen molar-refractivity contribution < 1.29 is 8.42 Å². The first kappa shape index (κ1) is 14.9. The van der Waals surface area contributed by atoms with Crippen molar-refractivity contribution in [2.45, 2.75) is 18.7 Å². The van der Waals surface area contributed by atoms with Gasteiger partial charge in [0, 0.05) is 4.47 Å². The van der Waals surface area contributed by atoms with Crippen LogP contribution < -0.4 is 10.5 Å². The van der Waals surface area contributed by atoms with Crippen molar-refractivity contribution in [3.63, 3.8) is 0 Å². The molecule has 0 unspecified atom stereocenters. The predicted octanol–water partition coefficient (Wildman–Crippen LogP) is 3.45. The number of halogens is 1. The summed E-state index contributed by atoms with van der Waals surface area (Å²) < 4.78 is 28.3. The van der Waals surface area contributed by atoms with Crippen LogP contribution >= 0.6 is 15.9 Å². The maximum atomic E-state index is 12.4. The highest BCUT2D eigenvalue weighted by Crippen LogP contribution is 2.28. The first-order chi connectivity index (χ1) is 9.31. The summed E-state index contributed by atoms with van der Waals surface area (Å²) in [6, 6.07) is 10.1. The zero-order chi connectivity index (χ0) is 14.9. The number of aryl methyl sites for hydroxylation is 2. The van der Waals surface area contributed by atoms with Gasteiger partial charge in [-0.2, -0.15) is 0 Å². The number of nitrogens with two attached hydrogens (primary N) is 1.